The first-order valence-corrected chi connectivity index (χ1v) is 10.5. The number of nitrogens with one attached hydrogen (secondary N) is 2. The lowest BCUT2D eigenvalue weighted by atomic mass is 10.2. The van der Waals surface area contributed by atoms with Crippen molar-refractivity contribution in [2.45, 2.75) is 36.2 Å². The molecule has 1 aliphatic rings. The van der Waals surface area contributed by atoms with E-state index in [4.69, 9.17) is 0 Å². The van der Waals surface area contributed by atoms with Crippen molar-refractivity contribution in [2.75, 3.05) is 16.9 Å². The SMILES string of the molecule is CSc1ccc(N[C@H]2CC[C@H](Nc3ccc(-n4ncccc4=O)cn3)C2)nc1. The first-order valence-electron chi connectivity index (χ1n) is 9.25. The summed E-state index contributed by atoms with van der Waals surface area (Å²) in [5, 5.41) is 11.1. The van der Waals surface area contributed by atoms with Gasteiger partial charge >= 0.3 is 0 Å². The number of anilines is 2. The van der Waals surface area contributed by atoms with Crippen LogP contribution in [0, 0.1) is 0 Å². The minimum Gasteiger partial charge on any atom is -0.367 e. The molecule has 2 N–H and O–H groups in total. The number of aromatic nitrogens is 4. The molecule has 28 heavy (non-hydrogen) atoms. The number of nitrogens with zero attached hydrogens (tertiary/aromatic N) is 4. The highest BCUT2D eigenvalue weighted by Gasteiger charge is 2.25. The lowest BCUT2D eigenvalue weighted by Gasteiger charge is -2.16. The highest BCUT2D eigenvalue weighted by molar-refractivity contribution is 7.98. The third-order valence-corrected chi connectivity index (χ3v) is 5.53. The van der Waals surface area contributed by atoms with E-state index in [-0.39, 0.29) is 5.56 Å². The van der Waals surface area contributed by atoms with Crippen LogP contribution in [0.5, 0.6) is 0 Å². The fourth-order valence-electron chi connectivity index (χ4n) is 3.40. The van der Waals surface area contributed by atoms with E-state index in [0.717, 1.165) is 30.9 Å². The van der Waals surface area contributed by atoms with Crippen LogP contribution in [0.3, 0.4) is 0 Å². The molecule has 0 saturated heterocycles. The minimum atomic E-state index is -0.172. The normalized spacial score (nSPS) is 18.8. The van der Waals surface area contributed by atoms with Gasteiger partial charge in [0.05, 0.1) is 11.9 Å². The van der Waals surface area contributed by atoms with E-state index in [9.17, 15) is 4.79 Å². The molecule has 1 aliphatic carbocycles. The molecule has 0 aliphatic heterocycles. The Morgan fingerprint density at radius 3 is 2.29 bits per heavy atom. The van der Waals surface area contributed by atoms with Crippen LogP contribution in [-0.4, -0.2) is 38.1 Å². The quantitative estimate of drug-likeness (QED) is 0.621. The predicted octanol–water partition coefficient (Wildman–Crippen LogP) is 3.19. The van der Waals surface area contributed by atoms with Gasteiger partial charge in [-0.2, -0.15) is 9.78 Å². The van der Waals surface area contributed by atoms with Crippen LogP contribution in [0.4, 0.5) is 11.6 Å². The molecule has 1 fully saturated rings. The van der Waals surface area contributed by atoms with Crippen LogP contribution < -0.4 is 16.2 Å². The molecular weight excluding hydrogens is 372 g/mol. The second-order valence-corrected chi connectivity index (χ2v) is 7.63. The smallest absolute Gasteiger partial charge is 0.271 e. The maximum absolute atomic E-state index is 11.8. The maximum Gasteiger partial charge on any atom is 0.271 e. The molecule has 0 aromatic carbocycles. The lowest BCUT2D eigenvalue weighted by Crippen LogP contribution is -2.22. The molecule has 8 heteroatoms. The number of hydrogen-bond donors (Lipinski definition) is 2. The zero-order chi connectivity index (χ0) is 19.3. The van der Waals surface area contributed by atoms with Gasteiger partial charge in [0.1, 0.15) is 11.6 Å². The van der Waals surface area contributed by atoms with Crippen LogP contribution in [-0.2, 0) is 0 Å². The van der Waals surface area contributed by atoms with E-state index in [1.165, 1.54) is 15.6 Å². The lowest BCUT2D eigenvalue weighted by molar-refractivity contribution is 0.719. The van der Waals surface area contributed by atoms with E-state index in [0.29, 0.717) is 17.8 Å². The van der Waals surface area contributed by atoms with Gasteiger partial charge in [0, 0.05) is 35.4 Å². The number of rotatable bonds is 6. The second kappa shape index (κ2) is 8.43. The van der Waals surface area contributed by atoms with Gasteiger partial charge in [-0.1, -0.05) is 0 Å². The summed E-state index contributed by atoms with van der Waals surface area (Å²) in [5.74, 6) is 1.73. The number of hydrogen-bond acceptors (Lipinski definition) is 7. The van der Waals surface area contributed by atoms with Crippen molar-refractivity contribution < 1.29 is 0 Å². The van der Waals surface area contributed by atoms with Crippen molar-refractivity contribution in [2.24, 2.45) is 0 Å². The Balaban J connectivity index is 1.34. The molecule has 3 aromatic heterocycles. The van der Waals surface area contributed by atoms with E-state index in [1.54, 1.807) is 30.2 Å². The van der Waals surface area contributed by atoms with Crippen LogP contribution in [0.15, 0.2) is 64.7 Å². The van der Waals surface area contributed by atoms with Gasteiger partial charge in [-0.15, -0.1) is 11.8 Å². The Morgan fingerprint density at radius 1 is 1.00 bits per heavy atom. The Kier molecular flexibility index (Phi) is 5.57. The van der Waals surface area contributed by atoms with Gasteiger partial charge in [0.25, 0.3) is 5.56 Å². The Bertz CT molecular complexity index is 973. The molecule has 0 unspecified atom stereocenters. The molecule has 3 aromatic rings. The number of pyridine rings is 2. The maximum atomic E-state index is 11.8. The zero-order valence-electron chi connectivity index (χ0n) is 15.6. The molecule has 0 spiro atoms. The summed E-state index contributed by atoms with van der Waals surface area (Å²) in [6.45, 7) is 0. The van der Waals surface area contributed by atoms with Gasteiger partial charge in [-0.05, 0) is 55.9 Å². The summed E-state index contributed by atoms with van der Waals surface area (Å²) in [5.41, 5.74) is 0.482. The molecule has 1 saturated carbocycles. The van der Waals surface area contributed by atoms with Crippen molar-refractivity contribution >= 4 is 23.4 Å². The van der Waals surface area contributed by atoms with Gasteiger partial charge < -0.3 is 10.6 Å². The highest BCUT2D eigenvalue weighted by Crippen LogP contribution is 2.25. The standard InChI is InChI=1S/C20H22N6OS/c1-28-17-7-9-19(22-13-17)25-15-5-4-14(11-15)24-18-8-6-16(12-21-18)26-20(27)3-2-10-23-26/h2-3,6-10,12-15H,4-5,11H2,1H3,(H,21,24)(H,22,25)/t14-,15-/m0/s1. The Morgan fingerprint density at radius 2 is 1.71 bits per heavy atom. The van der Waals surface area contributed by atoms with Crippen molar-refractivity contribution in [1.82, 2.24) is 19.7 Å². The molecule has 7 nitrogen and oxygen atoms in total. The third kappa shape index (κ3) is 4.33. The van der Waals surface area contributed by atoms with E-state index in [2.05, 4.69) is 31.8 Å². The molecule has 2 atom stereocenters. The van der Waals surface area contributed by atoms with E-state index >= 15 is 0 Å². The monoisotopic (exact) mass is 394 g/mol. The molecule has 144 valence electrons. The fourth-order valence-corrected chi connectivity index (χ4v) is 3.76. The molecule has 0 radical (unpaired) electrons. The molecule has 0 amide bonds. The van der Waals surface area contributed by atoms with Crippen molar-refractivity contribution in [3.05, 3.63) is 65.3 Å². The topological polar surface area (TPSA) is 84.7 Å². The minimum absolute atomic E-state index is 0.172. The van der Waals surface area contributed by atoms with Gasteiger partial charge in [0.15, 0.2) is 0 Å². The van der Waals surface area contributed by atoms with Gasteiger partial charge in [0.2, 0.25) is 0 Å². The largest absolute Gasteiger partial charge is 0.367 e. The van der Waals surface area contributed by atoms with Crippen molar-refractivity contribution in [1.29, 1.82) is 0 Å². The summed E-state index contributed by atoms with van der Waals surface area (Å²) in [4.78, 5) is 21.9. The average Bonchev–Trinajstić information content (AvgIpc) is 3.16. The summed E-state index contributed by atoms with van der Waals surface area (Å²) in [7, 11) is 0. The van der Waals surface area contributed by atoms with Crippen molar-refractivity contribution in [3.8, 4) is 5.69 Å². The Labute approximate surface area is 167 Å². The second-order valence-electron chi connectivity index (χ2n) is 6.75. The predicted molar refractivity (Wildman–Crippen MR) is 112 cm³/mol. The zero-order valence-corrected chi connectivity index (χ0v) is 16.4. The molecule has 0 bridgehead atoms. The third-order valence-electron chi connectivity index (χ3n) is 4.82. The van der Waals surface area contributed by atoms with Crippen LogP contribution in [0.25, 0.3) is 5.69 Å². The molecule has 3 heterocycles. The van der Waals surface area contributed by atoms with Gasteiger partial charge in [-0.25, -0.2) is 9.97 Å². The average molecular weight is 395 g/mol. The summed E-state index contributed by atoms with van der Waals surface area (Å²) in [6.07, 6.45) is 10.4. The highest BCUT2D eigenvalue weighted by atomic mass is 32.2. The van der Waals surface area contributed by atoms with Crippen LogP contribution in [0.2, 0.25) is 0 Å². The van der Waals surface area contributed by atoms with E-state index in [1.807, 2.05) is 30.7 Å². The molecule has 4 rings (SSSR count). The van der Waals surface area contributed by atoms with Crippen LogP contribution in [0.1, 0.15) is 19.3 Å². The van der Waals surface area contributed by atoms with E-state index < -0.39 is 0 Å². The number of thioether (sulfide) groups is 1. The van der Waals surface area contributed by atoms with Crippen LogP contribution >= 0.6 is 11.8 Å². The summed E-state index contributed by atoms with van der Waals surface area (Å²) in [6, 6.07) is 11.7. The summed E-state index contributed by atoms with van der Waals surface area (Å²) >= 11 is 1.69. The molecular formula is C20H22N6OS. The fraction of sp³-hybridized carbons (Fsp3) is 0.300. The first kappa shape index (κ1) is 18.5. The Hall–Kier alpha value is -2.87. The summed E-state index contributed by atoms with van der Waals surface area (Å²) < 4.78 is 1.33. The first-order chi connectivity index (χ1) is 13.7. The van der Waals surface area contributed by atoms with Gasteiger partial charge in [-0.3, -0.25) is 4.79 Å². The van der Waals surface area contributed by atoms with Crippen molar-refractivity contribution in [3.63, 3.8) is 0 Å².